The third kappa shape index (κ3) is 4.85. The van der Waals surface area contributed by atoms with Crippen LogP contribution in [0.15, 0.2) is 34.9 Å². The van der Waals surface area contributed by atoms with Crippen LogP contribution in [0.2, 0.25) is 0 Å². The summed E-state index contributed by atoms with van der Waals surface area (Å²) in [5.41, 5.74) is 0.537. The summed E-state index contributed by atoms with van der Waals surface area (Å²) in [5, 5.41) is 15.3. The maximum Gasteiger partial charge on any atom is 0.260 e. The Hall–Kier alpha value is -3.34. The van der Waals surface area contributed by atoms with E-state index in [0.717, 1.165) is 0 Å². The highest BCUT2D eigenvalue weighted by Gasteiger charge is 2.28. The molecular weight excluding hydrogens is 348 g/mol. The van der Waals surface area contributed by atoms with Gasteiger partial charge in [-0.15, -0.1) is 0 Å². The van der Waals surface area contributed by atoms with Crippen molar-refractivity contribution in [2.45, 2.75) is 19.8 Å². The average molecular weight is 368 g/mol. The Labute approximate surface area is 156 Å². The van der Waals surface area contributed by atoms with E-state index in [1.807, 2.05) is 6.07 Å². The number of benzene rings is 1. The lowest BCUT2D eigenvalue weighted by Crippen LogP contribution is -2.43. The van der Waals surface area contributed by atoms with Gasteiger partial charge in [-0.3, -0.25) is 9.59 Å². The Kier molecular flexibility index (Phi) is 5.71. The summed E-state index contributed by atoms with van der Waals surface area (Å²) in [6.45, 7) is 2.70. The fourth-order valence-corrected chi connectivity index (χ4v) is 2.91. The molecule has 8 heteroatoms. The smallest absolute Gasteiger partial charge is 0.260 e. The van der Waals surface area contributed by atoms with Crippen molar-refractivity contribution in [2.75, 3.05) is 25.0 Å². The zero-order valence-corrected chi connectivity index (χ0v) is 15.0. The minimum Gasteiger partial charge on any atom is -0.484 e. The second-order valence-corrected chi connectivity index (χ2v) is 6.39. The molecule has 2 aromatic rings. The molecule has 0 saturated carbocycles. The molecule has 8 nitrogen and oxygen atoms in total. The standard InChI is InChI=1S/C19H20N4O4/c1-13-10-17(22-27-13)21-19(25)15-6-8-23(9-7-15)18(24)12-26-16-4-2-14(11-20)3-5-16/h2-5,10,15H,6-9,12H2,1H3,(H,21,22,25). The van der Waals surface area contributed by atoms with Gasteiger partial charge in [-0.2, -0.15) is 5.26 Å². The number of piperidine rings is 1. The third-order valence-electron chi connectivity index (χ3n) is 4.44. The Morgan fingerprint density at radius 1 is 1.33 bits per heavy atom. The number of hydrogen-bond acceptors (Lipinski definition) is 6. The number of anilines is 1. The van der Waals surface area contributed by atoms with Crippen LogP contribution in [-0.4, -0.2) is 41.6 Å². The summed E-state index contributed by atoms with van der Waals surface area (Å²) in [6, 6.07) is 10.3. The van der Waals surface area contributed by atoms with Crippen LogP contribution in [0.25, 0.3) is 0 Å². The van der Waals surface area contributed by atoms with Crippen molar-refractivity contribution < 1.29 is 18.8 Å². The lowest BCUT2D eigenvalue weighted by Gasteiger charge is -2.31. The van der Waals surface area contributed by atoms with Gasteiger partial charge in [0.1, 0.15) is 11.5 Å². The molecule has 0 unspecified atom stereocenters. The molecule has 140 valence electrons. The molecule has 0 bridgehead atoms. The van der Waals surface area contributed by atoms with E-state index in [1.54, 1.807) is 42.2 Å². The predicted molar refractivity (Wildman–Crippen MR) is 95.8 cm³/mol. The van der Waals surface area contributed by atoms with Gasteiger partial charge in [0, 0.05) is 25.1 Å². The summed E-state index contributed by atoms with van der Waals surface area (Å²) < 4.78 is 10.4. The number of ether oxygens (including phenoxy) is 1. The van der Waals surface area contributed by atoms with E-state index in [-0.39, 0.29) is 24.3 Å². The van der Waals surface area contributed by atoms with Crippen LogP contribution in [-0.2, 0) is 9.59 Å². The van der Waals surface area contributed by atoms with Crippen molar-refractivity contribution in [1.29, 1.82) is 5.26 Å². The van der Waals surface area contributed by atoms with Crippen molar-refractivity contribution in [2.24, 2.45) is 5.92 Å². The van der Waals surface area contributed by atoms with Crippen LogP contribution < -0.4 is 10.1 Å². The average Bonchev–Trinajstić information content (AvgIpc) is 3.11. The summed E-state index contributed by atoms with van der Waals surface area (Å²) in [6.07, 6.45) is 1.18. The van der Waals surface area contributed by atoms with Crippen molar-refractivity contribution in [3.05, 3.63) is 41.7 Å². The molecule has 0 aliphatic carbocycles. The van der Waals surface area contributed by atoms with Crippen LogP contribution in [0.1, 0.15) is 24.2 Å². The van der Waals surface area contributed by atoms with Crippen LogP contribution in [0, 0.1) is 24.2 Å². The fraction of sp³-hybridized carbons (Fsp3) is 0.368. The SMILES string of the molecule is Cc1cc(NC(=O)C2CCN(C(=O)COc3ccc(C#N)cc3)CC2)no1. The van der Waals surface area contributed by atoms with Crippen molar-refractivity contribution in [3.63, 3.8) is 0 Å². The van der Waals surface area contributed by atoms with Crippen LogP contribution in [0.3, 0.4) is 0 Å². The quantitative estimate of drug-likeness (QED) is 0.866. The predicted octanol–water partition coefficient (Wildman–Crippen LogP) is 2.11. The lowest BCUT2D eigenvalue weighted by molar-refractivity contribution is -0.136. The summed E-state index contributed by atoms with van der Waals surface area (Å²) in [4.78, 5) is 26.3. The summed E-state index contributed by atoms with van der Waals surface area (Å²) >= 11 is 0. The molecule has 3 rings (SSSR count). The maximum atomic E-state index is 12.3. The molecule has 0 atom stereocenters. The van der Waals surface area contributed by atoms with Crippen molar-refractivity contribution in [1.82, 2.24) is 10.1 Å². The van der Waals surface area contributed by atoms with Gasteiger partial charge in [0.25, 0.3) is 5.91 Å². The number of nitrogens with one attached hydrogen (secondary N) is 1. The van der Waals surface area contributed by atoms with Gasteiger partial charge >= 0.3 is 0 Å². The molecule has 0 spiro atoms. The normalized spacial score (nSPS) is 14.4. The molecule has 1 saturated heterocycles. The fourth-order valence-electron chi connectivity index (χ4n) is 2.91. The second kappa shape index (κ2) is 8.36. The second-order valence-electron chi connectivity index (χ2n) is 6.39. The van der Waals surface area contributed by atoms with E-state index in [1.165, 1.54) is 0 Å². The highest BCUT2D eigenvalue weighted by molar-refractivity contribution is 5.91. The molecule has 27 heavy (non-hydrogen) atoms. The number of amides is 2. The number of nitrogens with zero attached hydrogens (tertiary/aromatic N) is 3. The zero-order valence-electron chi connectivity index (χ0n) is 15.0. The Balaban J connectivity index is 1.43. The molecule has 0 radical (unpaired) electrons. The molecule has 1 aliphatic heterocycles. The van der Waals surface area contributed by atoms with E-state index in [9.17, 15) is 9.59 Å². The van der Waals surface area contributed by atoms with E-state index in [0.29, 0.717) is 48.8 Å². The number of likely N-dealkylation sites (tertiary alicyclic amines) is 1. The lowest BCUT2D eigenvalue weighted by atomic mass is 9.96. The van der Waals surface area contributed by atoms with Gasteiger partial charge in [-0.25, -0.2) is 0 Å². The van der Waals surface area contributed by atoms with Crippen molar-refractivity contribution >= 4 is 17.6 Å². The Bertz CT molecular complexity index is 845. The minimum absolute atomic E-state index is 0.0685. The van der Waals surface area contributed by atoms with Gasteiger partial charge in [0.2, 0.25) is 5.91 Å². The molecule has 1 aromatic heterocycles. The van der Waals surface area contributed by atoms with Gasteiger partial charge < -0.3 is 19.5 Å². The first-order valence-electron chi connectivity index (χ1n) is 8.70. The number of hydrogen-bond donors (Lipinski definition) is 1. The maximum absolute atomic E-state index is 12.3. The first kappa shape index (κ1) is 18.5. The molecule has 1 aliphatic rings. The summed E-state index contributed by atoms with van der Waals surface area (Å²) in [5.74, 6) is 1.19. The van der Waals surface area contributed by atoms with Crippen LogP contribution >= 0.6 is 0 Å². The number of nitriles is 1. The third-order valence-corrected chi connectivity index (χ3v) is 4.44. The first-order valence-corrected chi connectivity index (χ1v) is 8.70. The first-order chi connectivity index (χ1) is 13.0. The Morgan fingerprint density at radius 3 is 2.63 bits per heavy atom. The highest BCUT2D eigenvalue weighted by atomic mass is 16.5. The van der Waals surface area contributed by atoms with E-state index >= 15 is 0 Å². The monoisotopic (exact) mass is 368 g/mol. The van der Waals surface area contributed by atoms with E-state index < -0.39 is 0 Å². The molecule has 1 N–H and O–H groups in total. The molecule has 1 aromatic carbocycles. The van der Waals surface area contributed by atoms with Gasteiger partial charge in [0.05, 0.1) is 11.6 Å². The topological polar surface area (TPSA) is 108 Å². The van der Waals surface area contributed by atoms with Crippen LogP contribution in [0.5, 0.6) is 5.75 Å². The summed E-state index contributed by atoms with van der Waals surface area (Å²) in [7, 11) is 0. The Morgan fingerprint density at radius 2 is 2.04 bits per heavy atom. The number of aromatic nitrogens is 1. The van der Waals surface area contributed by atoms with Crippen LogP contribution in [0.4, 0.5) is 5.82 Å². The number of carbonyl (C=O) groups excluding carboxylic acids is 2. The molecule has 2 heterocycles. The van der Waals surface area contributed by atoms with Crippen molar-refractivity contribution in [3.8, 4) is 11.8 Å². The molecule has 2 amide bonds. The van der Waals surface area contributed by atoms with Gasteiger partial charge in [0.15, 0.2) is 12.4 Å². The van der Waals surface area contributed by atoms with Gasteiger partial charge in [-0.05, 0) is 44.0 Å². The number of carbonyl (C=O) groups is 2. The largest absolute Gasteiger partial charge is 0.484 e. The van der Waals surface area contributed by atoms with Gasteiger partial charge in [-0.1, -0.05) is 5.16 Å². The highest BCUT2D eigenvalue weighted by Crippen LogP contribution is 2.20. The molecular formula is C19H20N4O4. The zero-order chi connectivity index (χ0) is 19.2. The number of rotatable bonds is 5. The molecule has 1 fully saturated rings. The van der Waals surface area contributed by atoms with E-state index in [4.69, 9.17) is 14.5 Å². The van der Waals surface area contributed by atoms with E-state index in [2.05, 4.69) is 10.5 Å². The number of aryl methyl sites for hydroxylation is 1. The minimum atomic E-state index is -0.162.